The minimum Gasteiger partial charge on any atom is -0.461 e. The van der Waals surface area contributed by atoms with Crippen LogP contribution in [0.3, 0.4) is 0 Å². The molecule has 0 saturated carbocycles. The highest BCUT2D eigenvalue weighted by molar-refractivity contribution is 7.80. The van der Waals surface area contributed by atoms with Crippen molar-refractivity contribution in [2.75, 3.05) is 19.6 Å². The van der Waals surface area contributed by atoms with Gasteiger partial charge in [-0.15, -0.1) is 12.6 Å². The van der Waals surface area contributed by atoms with E-state index >= 15 is 0 Å². The average molecular weight is 303 g/mol. The molecule has 1 N–H and O–H groups in total. The summed E-state index contributed by atoms with van der Waals surface area (Å²) in [4.78, 5) is 19.8. The number of carbonyl (C=O) groups excluding carboxylic acids is 1. The number of amides is 1. The number of hydrogen-bond donors (Lipinski definition) is 2. The highest BCUT2D eigenvalue weighted by Crippen LogP contribution is 2.28. The Morgan fingerprint density at radius 1 is 1.48 bits per heavy atom. The maximum absolute atomic E-state index is 12.5. The van der Waals surface area contributed by atoms with E-state index in [1.165, 1.54) is 13.0 Å². The molecule has 2 aliphatic heterocycles. The van der Waals surface area contributed by atoms with E-state index in [-0.39, 0.29) is 11.9 Å². The minimum absolute atomic E-state index is 0.157. The molecule has 1 unspecified atom stereocenters. The van der Waals surface area contributed by atoms with Crippen molar-refractivity contribution in [1.82, 2.24) is 15.2 Å². The first-order chi connectivity index (χ1) is 10.2. The molecule has 2 aromatic heterocycles. The molecular weight excluding hydrogens is 286 g/mol. The van der Waals surface area contributed by atoms with Crippen molar-refractivity contribution in [2.45, 2.75) is 23.8 Å². The Hall–Kier alpha value is -1.53. The SMILES string of the molecule is O=C(N[C@@H]1C[C@H]2CCN(C2)C1)c1nccc2c(S)coc12. The van der Waals surface area contributed by atoms with E-state index in [4.69, 9.17) is 4.42 Å². The third-order valence-corrected chi connectivity index (χ3v) is 4.83. The Bertz CT molecular complexity index is 687. The van der Waals surface area contributed by atoms with Gasteiger partial charge in [0, 0.05) is 30.7 Å². The quantitative estimate of drug-likeness (QED) is 0.833. The standard InChI is InChI=1S/C15H17N3O2S/c19-15(17-10-5-9-2-4-18(6-9)7-10)13-14-11(1-3-16-13)12(21)8-20-14/h1,3,8-10,21H,2,4-7H2,(H,17,19)/t9-,10-/m1/s1. The summed E-state index contributed by atoms with van der Waals surface area (Å²) in [7, 11) is 0. The van der Waals surface area contributed by atoms with Crippen molar-refractivity contribution in [3.05, 3.63) is 24.2 Å². The molecule has 6 heteroatoms. The van der Waals surface area contributed by atoms with E-state index in [0.29, 0.717) is 11.3 Å². The number of thiol groups is 1. The van der Waals surface area contributed by atoms with Gasteiger partial charge in [-0.25, -0.2) is 4.98 Å². The van der Waals surface area contributed by atoms with Gasteiger partial charge >= 0.3 is 0 Å². The average Bonchev–Trinajstić information content (AvgIpc) is 3.02. The lowest BCUT2D eigenvalue weighted by molar-refractivity contribution is 0.0905. The van der Waals surface area contributed by atoms with Crippen molar-refractivity contribution in [3.63, 3.8) is 0 Å². The zero-order chi connectivity index (χ0) is 14.4. The fourth-order valence-corrected chi connectivity index (χ4v) is 3.76. The van der Waals surface area contributed by atoms with Gasteiger partial charge in [-0.1, -0.05) is 0 Å². The largest absolute Gasteiger partial charge is 0.461 e. The number of nitrogens with zero attached hydrogens (tertiary/aromatic N) is 2. The number of pyridine rings is 1. The summed E-state index contributed by atoms with van der Waals surface area (Å²) in [5, 5.41) is 3.93. The summed E-state index contributed by atoms with van der Waals surface area (Å²) in [5.74, 6) is 0.566. The molecule has 2 aliphatic rings. The van der Waals surface area contributed by atoms with Crippen molar-refractivity contribution >= 4 is 29.5 Å². The summed E-state index contributed by atoms with van der Waals surface area (Å²) in [6.07, 6.45) is 5.48. The number of nitrogens with one attached hydrogen (secondary N) is 1. The fourth-order valence-electron chi connectivity index (χ4n) is 3.53. The van der Waals surface area contributed by atoms with Gasteiger partial charge in [0.25, 0.3) is 5.91 Å². The fraction of sp³-hybridized carbons (Fsp3) is 0.467. The predicted molar refractivity (Wildman–Crippen MR) is 81.7 cm³/mol. The third-order valence-electron chi connectivity index (χ3n) is 4.49. The second-order valence-electron chi connectivity index (χ2n) is 5.98. The Morgan fingerprint density at radius 3 is 3.24 bits per heavy atom. The van der Waals surface area contributed by atoms with Crippen LogP contribution in [0.2, 0.25) is 0 Å². The molecule has 5 nitrogen and oxygen atoms in total. The zero-order valence-corrected chi connectivity index (χ0v) is 12.5. The van der Waals surface area contributed by atoms with Crippen LogP contribution >= 0.6 is 12.6 Å². The second kappa shape index (κ2) is 5.03. The maximum atomic E-state index is 12.5. The van der Waals surface area contributed by atoms with Crippen LogP contribution in [0.15, 0.2) is 27.8 Å². The number of aromatic nitrogens is 1. The molecule has 2 aromatic rings. The molecule has 0 aromatic carbocycles. The van der Waals surface area contributed by atoms with Gasteiger partial charge < -0.3 is 14.6 Å². The van der Waals surface area contributed by atoms with Crippen LogP contribution in [0.1, 0.15) is 23.3 Å². The monoisotopic (exact) mass is 303 g/mol. The topological polar surface area (TPSA) is 58.4 Å². The molecule has 110 valence electrons. The van der Waals surface area contributed by atoms with Gasteiger partial charge in [0.15, 0.2) is 11.3 Å². The van der Waals surface area contributed by atoms with Gasteiger partial charge in [0.2, 0.25) is 0 Å². The van der Waals surface area contributed by atoms with Crippen LogP contribution in [0.5, 0.6) is 0 Å². The van der Waals surface area contributed by atoms with Crippen molar-refractivity contribution in [2.24, 2.45) is 5.92 Å². The molecule has 1 amide bonds. The Morgan fingerprint density at radius 2 is 2.38 bits per heavy atom. The summed E-state index contributed by atoms with van der Waals surface area (Å²) >= 11 is 4.32. The Balaban J connectivity index is 1.56. The van der Waals surface area contributed by atoms with E-state index in [1.54, 1.807) is 12.5 Å². The smallest absolute Gasteiger partial charge is 0.274 e. The maximum Gasteiger partial charge on any atom is 0.274 e. The molecule has 0 aliphatic carbocycles. The number of rotatable bonds is 2. The summed E-state index contributed by atoms with van der Waals surface area (Å²) in [6.45, 7) is 3.28. The first-order valence-corrected chi connectivity index (χ1v) is 7.74. The molecular formula is C15H17N3O2S. The first kappa shape index (κ1) is 13.2. The van der Waals surface area contributed by atoms with E-state index in [0.717, 1.165) is 35.7 Å². The lowest BCUT2D eigenvalue weighted by Gasteiger charge is -2.30. The van der Waals surface area contributed by atoms with Crippen molar-refractivity contribution in [1.29, 1.82) is 0 Å². The van der Waals surface area contributed by atoms with Gasteiger partial charge in [-0.2, -0.15) is 0 Å². The number of fused-ring (bicyclic) bond motifs is 3. The van der Waals surface area contributed by atoms with E-state index in [1.807, 2.05) is 6.07 Å². The van der Waals surface area contributed by atoms with Crippen molar-refractivity contribution in [3.8, 4) is 0 Å². The molecule has 4 heterocycles. The van der Waals surface area contributed by atoms with Gasteiger partial charge in [-0.05, 0) is 31.4 Å². The minimum atomic E-state index is -0.157. The van der Waals surface area contributed by atoms with Gasteiger partial charge in [0.05, 0.1) is 4.90 Å². The van der Waals surface area contributed by atoms with E-state index < -0.39 is 0 Å². The second-order valence-corrected chi connectivity index (χ2v) is 6.46. The summed E-state index contributed by atoms with van der Waals surface area (Å²) < 4.78 is 5.43. The van der Waals surface area contributed by atoms with Crippen LogP contribution in [0, 0.1) is 5.92 Å². The summed E-state index contributed by atoms with van der Waals surface area (Å²) in [6, 6.07) is 2.02. The van der Waals surface area contributed by atoms with E-state index in [2.05, 4.69) is 27.8 Å². The van der Waals surface area contributed by atoms with Crippen LogP contribution < -0.4 is 5.32 Å². The Labute approximate surface area is 128 Å². The molecule has 21 heavy (non-hydrogen) atoms. The number of carbonyl (C=O) groups is 1. The first-order valence-electron chi connectivity index (χ1n) is 7.29. The number of hydrogen-bond acceptors (Lipinski definition) is 5. The molecule has 2 bridgehead atoms. The lowest BCUT2D eigenvalue weighted by Crippen LogP contribution is -2.47. The molecule has 0 radical (unpaired) electrons. The van der Waals surface area contributed by atoms with Crippen LogP contribution in [0.4, 0.5) is 0 Å². The predicted octanol–water partition coefficient (Wildman–Crippen LogP) is 1.94. The van der Waals surface area contributed by atoms with Crippen LogP contribution in [-0.4, -0.2) is 41.5 Å². The van der Waals surface area contributed by atoms with E-state index in [9.17, 15) is 4.79 Å². The highest BCUT2D eigenvalue weighted by Gasteiger charge is 2.33. The van der Waals surface area contributed by atoms with Gasteiger partial charge in [-0.3, -0.25) is 4.79 Å². The molecule has 4 rings (SSSR count). The normalized spacial score (nSPS) is 28.0. The third kappa shape index (κ3) is 2.32. The lowest BCUT2D eigenvalue weighted by atomic mass is 9.97. The number of furan rings is 1. The number of piperidine rings is 1. The molecule has 2 saturated heterocycles. The molecule has 3 atom stereocenters. The van der Waals surface area contributed by atoms with Crippen LogP contribution in [0.25, 0.3) is 11.0 Å². The summed E-state index contributed by atoms with van der Waals surface area (Å²) in [5.41, 5.74) is 0.861. The van der Waals surface area contributed by atoms with Crippen LogP contribution in [-0.2, 0) is 0 Å². The van der Waals surface area contributed by atoms with Gasteiger partial charge in [0.1, 0.15) is 6.26 Å². The highest BCUT2D eigenvalue weighted by atomic mass is 32.1. The Kier molecular flexibility index (Phi) is 3.15. The molecule has 0 spiro atoms. The zero-order valence-electron chi connectivity index (χ0n) is 11.6. The molecule has 2 fully saturated rings. The van der Waals surface area contributed by atoms with Crippen molar-refractivity contribution < 1.29 is 9.21 Å².